The minimum absolute atomic E-state index is 0.250. The molecule has 6 rings (SSSR count). The SMILES string of the molecule is O=C1OC2(CCCCC2)O[C@@H]2[C@@H]([C@@H]3COC4(CCCCC4)O3)OC3(CCCCC3)O[C@H]12. The van der Waals surface area contributed by atoms with Gasteiger partial charge >= 0.3 is 5.97 Å². The Hall–Kier alpha value is -0.730. The molecule has 3 aliphatic heterocycles. The minimum Gasteiger partial charge on any atom is -0.431 e. The lowest BCUT2D eigenvalue weighted by molar-refractivity contribution is -0.413. The molecular formula is C24H36O7. The lowest BCUT2D eigenvalue weighted by atomic mass is 9.88. The monoisotopic (exact) mass is 436 g/mol. The third-order valence-corrected chi connectivity index (χ3v) is 8.27. The zero-order valence-corrected chi connectivity index (χ0v) is 18.5. The van der Waals surface area contributed by atoms with Crippen molar-refractivity contribution in [2.24, 2.45) is 0 Å². The first-order valence-electron chi connectivity index (χ1n) is 12.7. The summed E-state index contributed by atoms with van der Waals surface area (Å²) >= 11 is 0. The number of carbonyl (C=O) groups excluding carboxylic acids is 1. The Morgan fingerprint density at radius 2 is 1.13 bits per heavy atom. The van der Waals surface area contributed by atoms with Crippen LogP contribution >= 0.6 is 0 Å². The summed E-state index contributed by atoms with van der Waals surface area (Å²) in [5, 5.41) is 0. The molecule has 7 nitrogen and oxygen atoms in total. The number of carbonyl (C=O) groups is 1. The summed E-state index contributed by atoms with van der Waals surface area (Å²) in [6.07, 6.45) is 12.9. The van der Waals surface area contributed by atoms with Crippen LogP contribution < -0.4 is 0 Å². The Morgan fingerprint density at radius 1 is 0.581 bits per heavy atom. The molecule has 0 bridgehead atoms. The van der Waals surface area contributed by atoms with Gasteiger partial charge in [-0.25, -0.2) is 4.79 Å². The fourth-order valence-corrected chi connectivity index (χ4v) is 6.65. The topological polar surface area (TPSA) is 72.5 Å². The van der Waals surface area contributed by atoms with Crippen LogP contribution in [0.15, 0.2) is 0 Å². The van der Waals surface area contributed by atoms with Gasteiger partial charge in [0.15, 0.2) is 17.7 Å². The second-order valence-electron chi connectivity index (χ2n) is 10.5. The van der Waals surface area contributed by atoms with Crippen LogP contribution in [0.1, 0.15) is 96.3 Å². The Bertz CT molecular complexity index is 675. The van der Waals surface area contributed by atoms with Crippen molar-refractivity contribution >= 4 is 5.97 Å². The van der Waals surface area contributed by atoms with Crippen molar-refractivity contribution in [3.63, 3.8) is 0 Å². The van der Waals surface area contributed by atoms with Gasteiger partial charge < -0.3 is 28.4 Å². The van der Waals surface area contributed by atoms with Crippen LogP contribution in [0.3, 0.4) is 0 Å². The minimum atomic E-state index is -0.833. The molecule has 3 saturated heterocycles. The van der Waals surface area contributed by atoms with Crippen LogP contribution in [0, 0.1) is 0 Å². The summed E-state index contributed by atoms with van der Waals surface area (Å²) in [6, 6.07) is 0. The summed E-state index contributed by atoms with van der Waals surface area (Å²) in [6.45, 7) is 0.482. The molecule has 174 valence electrons. The second kappa shape index (κ2) is 7.94. The fraction of sp³-hybridized carbons (Fsp3) is 0.958. The van der Waals surface area contributed by atoms with Gasteiger partial charge in [0.1, 0.15) is 18.3 Å². The molecule has 3 aliphatic carbocycles. The maximum Gasteiger partial charge on any atom is 0.340 e. The van der Waals surface area contributed by atoms with E-state index in [1.807, 2.05) is 0 Å². The van der Waals surface area contributed by atoms with E-state index in [0.29, 0.717) is 6.61 Å². The van der Waals surface area contributed by atoms with Gasteiger partial charge in [0.05, 0.1) is 6.61 Å². The van der Waals surface area contributed by atoms with E-state index >= 15 is 0 Å². The van der Waals surface area contributed by atoms with Crippen LogP contribution in [-0.2, 0) is 33.2 Å². The molecule has 0 N–H and O–H groups in total. The van der Waals surface area contributed by atoms with Gasteiger partial charge in [0, 0.05) is 38.5 Å². The smallest absolute Gasteiger partial charge is 0.340 e. The van der Waals surface area contributed by atoms with Gasteiger partial charge in [0.25, 0.3) is 0 Å². The highest BCUT2D eigenvalue weighted by Gasteiger charge is 2.62. The molecule has 6 fully saturated rings. The largest absolute Gasteiger partial charge is 0.431 e. The van der Waals surface area contributed by atoms with E-state index in [4.69, 9.17) is 28.4 Å². The standard InChI is InChI=1S/C24H36O7/c25-21-20-19(29-24(31-21)14-8-3-9-15-24)18(28-23(30-20)12-6-2-7-13-23)17-16-26-22(27-17)10-4-1-5-11-22/h17-20H,1-16H2/t17-,18+,19+,20-/m0/s1. The van der Waals surface area contributed by atoms with Crippen molar-refractivity contribution in [3.8, 4) is 0 Å². The van der Waals surface area contributed by atoms with Gasteiger partial charge in [-0.05, 0) is 38.5 Å². The highest BCUT2D eigenvalue weighted by Crippen LogP contribution is 2.48. The molecule has 0 aromatic heterocycles. The molecule has 0 radical (unpaired) electrons. The Labute approximate surface area is 184 Å². The van der Waals surface area contributed by atoms with E-state index in [-0.39, 0.29) is 18.2 Å². The van der Waals surface area contributed by atoms with Gasteiger partial charge in [-0.3, -0.25) is 0 Å². The number of hydrogen-bond donors (Lipinski definition) is 0. The lowest BCUT2D eigenvalue weighted by Crippen LogP contribution is -2.69. The van der Waals surface area contributed by atoms with Crippen LogP contribution in [0.4, 0.5) is 0 Å². The predicted molar refractivity (Wildman–Crippen MR) is 109 cm³/mol. The first-order valence-corrected chi connectivity index (χ1v) is 12.7. The zero-order chi connectivity index (χ0) is 20.9. The highest BCUT2D eigenvalue weighted by molar-refractivity contribution is 5.77. The van der Waals surface area contributed by atoms with Crippen molar-refractivity contribution in [1.82, 2.24) is 0 Å². The summed E-state index contributed by atoms with van der Waals surface area (Å²) < 4.78 is 38.5. The van der Waals surface area contributed by atoms with Crippen molar-refractivity contribution in [2.75, 3.05) is 6.61 Å². The molecule has 31 heavy (non-hydrogen) atoms. The molecule has 6 aliphatic rings. The van der Waals surface area contributed by atoms with E-state index < -0.39 is 29.6 Å². The number of esters is 1. The highest BCUT2D eigenvalue weighted by atomic mass is 16.8. The summed E-state index contributed by atoms with van der Waals surface area (Å²) in [5.74, 6) is -2.35. The Balaban J connectivity index is 1.29. The number of fused-ring (bicyclic) bond motifs is 1. The molecule has 3 saturated carbocycles. The number of hydrogen-bond acceptors (Lipinski definition) is 7. The zero-order valence-electron chi connectivity index (χ0n) is 18.5. The van der Waals surface area contributed by atoms with E-state index in [1.54, 1.807) is 0 Å². The third kappa shape index (κ3) is 3.74. The number of rotatable bonds is 1. The van der Waals surface area contributed by atoms with Crippen molar-refractivity contribution < 1.29 is 33.2 Å². The Morgan fingerprint density at radius 3 is 1.77 bits per heavy atom. The summed E-state index contributed by atoms with van der Waals surface area (Å²) in [4.78, 5) is 13.2. The molecule has 0 unspecified atom stereocenters. The van der Waals surface area contributed by atoms with Crippen LogP contribution in [0.25, 0.3) is 0 Å². The second-order valence-corrected chi connectivity index (χ2v) is 10.5. The molecule has 3 heterocycles. The predicted octanol–water partition coefficient (Wildman–Crippen LogP) is 4.11. The van der Waals surface area contributed by atoms with Crippen LogP contribution in [-0.4, -0.2) is 54.4 Å². The molecule has 0 aromatic carbocycles. The fourth-order valence-electron chi connectivity index (χ4n) is 6.65. The van der Waals surface area contributed by atoms with Crippen molar-refractivity contribution in [2.45, 2.75) is 138 Å². The molecular weight excluding hydrogens is 400 g/mol. The average Bonchev–Trinajstić information content (AvgIpc) is 3.19. The van der Waals surface area contributed by atoms with E-state index in [9.17, 15) is 4.79 Å². The third-order valence-electron chi connectivity index (χ3n) is 8.27. The normalized spacial score (nSPS) is 41.2. The van der Waals surface area contributed by atoms with E-state index in [0.717, 1.165) is 83.5 Å². The molecule has 3 spiro atoms. The summed E-state index contributed by atoms with van der Waals surface area (Å²) in [7, 11) is 0. The van der Waals surface area contributed by atoms with E-state index in [2.05, 4.69) is 0 Å². The maximum atomic E-state index is 13.2. The first kappa shape index (κ1) is 20.8. The van der Waals surface area contributed by atoms with Gasteiger partial charge in [-0.2, -0.15) is 0 Å². The number of ether oxygens (including phenoxy) is 6. The summed E-state index contributed by atoms with van der Waals surface area (Å²) in [5.41, 5.74) is 0. The van der Waals surface area contributed by atoms with Crippen molar-refractivity contribution in [1.29, 1.82) is 0 Å². The van der Waals surface area contributed by atoms with Gasteiger partial charge in [-0.1, -0.05) is 19.3 Å². The Kier molecular flexibility index (Phi) is 5.34. The first-order chi connectivity index (χ1) is 15.1. The van der Waals surface area contributed by atoms with Crippen molar-refractivity contribution in [3.05, 3.63) is 0 Å². The van der Waals surface area contributed by atoms with Crippen LogP contribution in [0.5, 0.6) is 0 Å². The van der Waals surface area contributed by atoms with Gasteiger partial charge in [-0.15, -0.1) is 0 Å². The van der Waals surface area contributed by atoms with Gasteiger partial charge in [0.2, 0.25) is 5.79 Å². The molecule has 4 atom stereocenters. The quantitative estimate of drug-likeness (QED) is 0.573. The maximum absolute atomic E-state index is 13.2. The molecule has 7 heteroatoms. The van der Waals surface area contributed by atoms with E-state index in [1.165, 1.54) is 12.8 Å². The molecule has 0 amide bonds. The average molecular weight is 437 g/mol. The van der Waals surface area contributed by atoms with Crippen LogP contribution in [0.2, 0.25) is 0 Å². The molecule has 0 aromatic rings. The lowest BCUT2D eigenvalue weighted by Gasteiger charge is -2.55.